The number of ether oxygens (including phenoxy) is 2. The van der Waals surface area contributed by atoms with Gasteiger partial charge in [0.25, 0.3) is 0 Å². The number of aliphatic hydroxyl groups excluding tert-OH is 1. The van der Waals surface area contributed by atoms with Crippen molar-refractivity contribution in [3.05, 3.63) is 42.5 Å². The van der Waals surface area contributed by atoms with Gasteiger partial charge in [0.1, 0.15) is 0 Å². The number of aliphatic hydroxyl groups is 1. The molecule has 20 heavy (non-hydrogen) atoms. The number of para-hydroxylation sites is 1. The molecule has 2 rings (SSSR count). The van der Waals surface area contributed by atoms with E-state index in [1.165, 1.54) is 0 Å². The molecule has 0 saturated carbocycles. The first-order chi connectivity index (χ1) is 9.80. The highest BCUT2D eigenvalue weighted by molar-refractivity contribution is 5.79. The maximum Gasteiger partial charge on any atom is 0.161 e. The molecule has 0 atom stereocenters. The number of benzene rings is 2. The van der Waals surface area contributed by atoms with Crippen molar-refractivity contribution in [2.24, 2.45) is 0 Å². The molecule has 0 saturated heterocycles. The fourth-order valence-electron chi connectivity index (χ4n) is 2.08. The van der Waals surface area contributed by atoms with Gasteiger partial charge in [0.05, 0.1) is 20.8 Å². The van der Waals surface area contributed by atoms with E-state index < -0.39 is 0 Å². The summed E-state index contributed by atoms with van der Waals surface area (Å²) < 4.78 is 10.6. The van der Waals surface area contributed by atoms with Crippen molar-refractivity contribution < 1.29 is 14.6 Å². The maximum absolute atomic E-state index is 8.94. The van der Waals surface area contributed by atoms with Gasteiger partial charge in [-0.05, 0) is 23.8 Å². The minimum absolute atomic E-state index is 0.0975. The zero-order valence-electron chi connectivity index (χ0n) is 11.7. The summed E-state index contributed by atoms with van der Waals surface area (Å²) in [6.45, 7) is 0.616. The lowest BCUT2D eigenvalue weighted by molar-refractivity contribution is 0.311. The fourth-order valence-corrected chi connectivity index (χ4v) is 2.08. The Morgan fingerprint density at radius 3 is 2.45 bits per heavy atom. The van der Waals surface area contributed by atoms with Crippen LogP contribution in [0.4, 0.5) is 5.69 Å². The maximum atomic E-state index is 8.94. The average Bonchev–Trinajstić information content (AvgIpc) is 2.52. The van der Waals surface area contributed by atoms with E-state index in [0.29, 0.717) is 18.0 Å². The summed E-state index contributed by atoms with van der Waals surface area (Å²) in [6.07, 6.45) is 0. The first-order valence-corrected chi connectivity index (χ1v) is 6.46. The van der Waals surface area contributed by atoms with Gasteiger partial charge in [-0.1, -0.05) is 24.3 Å². The molecule has 4 heteroatoms. The Morgan fingerprint density at radius 1 is 1.00 bits per heavy atom. The number of hydrogen-bond donors (Lipinski definition) is 2. The number of nitrogens with one attached hydrogen (secondary N) is 1. The second-order valence-electron chi connectivity index (χ2n) is 4.27. The van der Waals surface area contributed by atoms with Crippen LogP contribution in [0.2, 0.25) is 0 Å². The van der Waals surface area contributed by atoms with Gasteiger partial charge in [-0.2, -0.15) is 0 Å². The Hall–Kier alpha value is -2.20. The zero-order chi connectivity index (χ0) is 14.4. The molecule has 2 aromatic carbocycles. The van der Waals surface area contributed by atoms with E-state index >= 15 is 0 Å². The van der Waals surface area contributed by atoms with Crippen LogP contribution in [0.25, 0.3) is 11.1 Å². The molecule has 0 bridgehead atoms. The van der Waals surface area contributed by atoms with Gasteiger partial charge in [0.2, 0.25) is 0 Å². The Kier molecular flexibility index (Phi) is 4.85. The van der Waals surface area contributed by atoms with Crippen LogP contribution in [0.15, 0.2) is 42.5 Å². The third-order valence-corrected chi connectivity index (χ3v) is 3.05. The number of methoxy groups -OCH3 is 2. The molecule has 0 aromatic heterocycles. The Bertz CT molecular complexity index is 569. The summed E-state index contributed by atoms with van der Waals surface area (Å²) in [4.78, 5) is 0. The Morgan fingerprint density at radius 2 is 1.75 bits per heavy atom. The van der Waals surface area contributed by atoms with Gasteiger partial charge in [0.15, 0.2) is 11.5 Å². The highest BCUT2D eigenvalue weighted by Crippen LogP contribution is 2.35. The predicted octanol–water partition coefficient (Wildman–Crippen LogP) is 2.78. The van der Waals surface area contributed by atoms with Gasteiger partial charge in [-0.25, -0.2) is 0 Å². The van der Waals surface area contributed by atoms with Gasteiger partial charge < -0.3 is 19.9 Å². The largest absolute Gasteiger partial charge is 0.493 e. The lowest BCUT2D eigenvalue weighted by atomic mass is 10.0. The number of rotatable bonds is 6. The van der Waals surface area contributed by atoms with Crippen molar-refractivity contribution in [1.29, 1.82) is 0 Å². The fraction of sp³-hybridized carbons (Fsp3) is 0.250. The van der Waals surface area contributed by atoms with Gasteiger partial charge in [-0.3, -0.25) is 0 Å². The molecule has 0 aliphatic heterocycles. The molecule has 0 aliphatic rings. The lowest BCUT2D eigenvalue weighted by Crippen LogP contribution is -2.06. The highest BCUT2D eigenvalue weighted by atomic mass is 16.5. The first kappa shape index (κ1) is 14.2. The van der Waals surface area contributed by atoms with E-state index in [2.05, 4.69) is 5.32 Å². The molecule has 0 aliphatic carbocycles. The van der Waals surface area contributed by atoms with Crippen molar-refractivity contribution in [3.8, 4) is 22.6 Å². The summed E-state index contributed by atoms with van der Waals surface area (Å²) in [6, 6.07) is 13.8. The standard InChI is InChI=1S/C16H19NO3/c1-19-15-8-7-12(11-16(15)20-2)13-5-3-4-6-14(13)17-9-10-18/h3-8,11,17-18H,9-10H2,1-2H3. The summed E-state index contributed by atoms with van der Waals surface area (Å²) in [5.74, 6) is 1.40. The molecule has 2 N–H and O–H groups in total. The first-order valence-electron chi connectivity index (χ1n) is 6.46. The van der Waals surface area contributed by atoms with E-state index in [4.69, 9.17) is 14.6 Å². The van der Waals surface area contributed by atoms with Crippen LogP contribution in [0.3, 0.4) is 0 Å². The van der Waals surface area contributed by atoms with Crippen molar-refractivity contribution in [1.82, 2.24) is 0 Å². The number of hydrogen-bond acceptors (Lipinski definition) is 4. The summed E-state index contributed by atoms with van der Waals surface area (Å²) >= 11 is 0. The van der Waals surface area contributed by atoms with E-state index in [9.17, 15) is 0 Å². The monoisotopic (exact) mass is 273 g/mol. The van der Waals surface area contributed by atoms with Crippen molar-refractivity contribution in [2.45, 2.75) is 0 Å². The average molecular weight is 273 g/mol. The molecule has 0 spiro atoms. The third-order valence-electron chi connectivity index (χ3n) is 3.05. The van der Waals surface area contributed by atoms with E-state index in [1.54, 1.807) is 14.2 Å². The molecule has 0 radical (unpaired) electrons. The van der Waals surface area contributed by atoms with Crippen molar-refractivity contribution in [2.75, 3.05) is 32.7 Å². The quantitative estimate of drug-likeness (QED) is 0.849. The Balaban J connectivity index is 2.40. The van der Waals surface area contributed by atoms with Crippen LogP contribution < -0.4 is 14.8 Å². The van der Waals surface area contributed by atoms with Crippen LogP contribution in [0, 0.1) is 0 Å². The summed E-state index contributed by atoms with van der Waals surface area (Å²) in [7, 11) is 3.24. The van der Waals surface area contributed by atoms with Crippen LogP contribution >= 0.6 is 0 Å². The normalized spacial score (nSPS) is 10.2. The SMILES string of the molecule is COc1ccc(-c2ccccc2NCCO)cc1OC. The van der Waals surface area contributed by atoms with Gasteiger partial charge in [0, 0.05) is 17.8 Å². The van der Waals surface area contributed by atoms with Crippen LogP contribution in [-0.4, -0.2) is 32.5 Å². The van der Waals surface area contributed by atoms with Crippen LogP contribution in [0.1, 0.15) is 0 Å². The molecule has 4 nitrogen and oxygen atoms in total. The molecule has 0 amide bonds. The van der Waals surface area contributed by atoms with E-state index in [-0.39, 0.29) is 6.61 Å². The second kappa shape index (κ2) is 6.82. The van der Waals surface area contributed by atoms with Gasteiger partial charge in [-0.15, -0.1) is 0 Å². The highest BCUT2D eigenvalue weighted by Gasteiger charge is 2.09. The third kappa shape index (κ3) is 3.03. The van der Waals surface area contributed by atoms with Crippen molar-refractivity contribution >= 4 is 5.69 Å². The lowest BCUT2D eigenvalue weighted by Gasteiger charge is -2.13. The smallest absolute Gasteiger partial charge is 0.161 e. The van der Waals surface area contributed by atoms with E-state index in [1.807, 2.05) is 42.5 Å². The van der Waals surface area contributed by atoms with Crippen LogP contribution in [0.5, 0.6) is 11.5 Å². The van der Waals surface area contributed by atoms with Crippen molar-refractivity contribution in [3.63, 3.8) is 0 Å². The molecular weight excluding hydrogens is 254 g/mol. The second-order valence-corrected chi connectivity index (χ2v) is 4.27. The molecule has 0 heterocycles. The topological polar surface area (TPSA) is 50.7 Å². The zero-order valence-corrected chi connectivity index (χ0v) is 11.7. The minimum atomic E-state index is 0.0975. The van der Waals surface area contributed by atoms with Crippen LogP contribution in [-0.2, 0) is 0 Å². The molecule has 2 aromatic rings. The molecule has 106 valence electrons. The molecular formula is C16H19NO3. The number of anilines is 1. The Labute approximate surface area is 119 Å². The summed E-state index contributed by atoms with van der Waals surface area (Å²) in [5, 5.41) is 12.1. The molecule has 0 unspecified atom stereocenters. The summed E-state index contributed by atoms with van der Waals surface area (Å²) in [5.41, 5.74) is 3.07. The molecule has 0 fully saturated rings. The van der Waals surface area contributed by atoms with E-state index in [0.717, 1.165) is 16.8 Å². The predicted molar refractivity (Wildman–Crippen MR) is 80.6 cm³/mol. The minimum Gasteiger partial charge on any atom is -0.493 e. The van der Waals surface area contributed by atoms with Gasteiger partial charge >= 0.3 is 0 Å².